The second kappa shape index (κ2) is 4.92. The van der Waals surface area contributed by atoms with Crippen LogP contribution in [0.15, 0.2) is 24.8 Å². The fourth-order valence-electron chi connectivity index (χ4n) is 2.27. The maximum Gasteiger partial charge on any atom is 0.254 e. The van der Waals surface area contributed by atoms with Crippen LogP contribution in [0, 0.1) is 6.92 Å². The SMILES string of the molecule is CCN(Cc1cnn(C)c1)c1cc(C)nc2ncnn12. The van der Waals surface area contributed by atoms with Crippen LogP contribution in [-0.2, 0) is 13.6 Å². The van der Waals surface area contributed by atoms with Crippen LogP contribution in [0.5, 0.6) is 0 Å². The Kier molecular flexibility index (Phi) is 3.09. The Hall–Kier alpha value is -2.44. The molecular formula is C13H17N7. The fourth-order valence-corrected chi connectivity index (χ4v) is 2.27. The zero-order valence-electron chi connectivity index (χ0n) is 11.9. The van der Waals surface area contributed by atoms with Crippen LogP contribution in [0.25, 0.3) is 5.78 Å². The number of anilines is 1. The van der Waals surface area contributed by atoms with Crippen molar-refractivity contribution in [1.29, 1.82) is 0 Å². The third kappa shape index (κ3) is 2.22. The molecule has 0 bridgehead atoms. The second-order valence-corrected chi connectivity index (χ2v) is 4.76. The minimum atomic E-state index is 0.629. The molecule has 3 rings (SSSR count). The number of aryl methyl sites for hydroxylation is 2. The summed E-state index contributed by atoms with van der Waals surface area (Å²) in [6, 6.07) is 2.03. The molecule has 0 amide bonds. The Morgan fingerprint density at radius 2 is 2.15 bits per heavy atom. The summed E-state index contributed by atoms with van der Waals surface area (Å²) in [6.07, 6.45) is 5.44. The van der Waals surface area contributed by atoms with Crippen molar-refractivity contribution in [3.05, 3.63) is 36.0 Å². The molecule has 0 saturated carbocycles. The summed E-state index contributed by atoms with van der Waals surface area (Å²) in [6.45, 7) is 5.74. The van der Waals surface area contributed by atoms with Gasteiger partial charge >= 0.3 is 0 Å². The molecule has 0 aliphatic rings. The predicted octanol–water partition coefficient (Wildman–Crippen LogP) is 1.19. The smallest absolute Gasteiger partial charge is 0.254 e. The first-order valence-corrected chi connectivity index (χ1v) is 6.57. The largest absolute Gasteiger partial charge is 0.352 e. The molecule has 0 unspecified atom stereocenters. The van der Waals surface area contributed by atoms with E-state index in [-0.39, 0.29) is 0 Å². The van der Waals surface area contributed by atoms with E-state index < -0.39 is 0 Å². The van der Waals surface area contributed by atoms with Crippen LogP contribution in [0.2, 0.25) is 0 Å². The van der Waals surface area contributed by atoms with E-state index in [9.17, 15) is 0 Å². The fraction of sp³-hybridized carbons (Fsp3) is 0.385. The van der Waals surface area contributed by atoms with Gasteiger partial charge in [-0.3, -0.25) is 4.68 Å². The van der Waals surface area contributed by atoms with Gasteiger partial charge in [0.15, 0.2) is 0 Å². The summed E-state index contributed by atoms with van der Waals surface area (Å²) in [4.78, 5) is 10.8. The minimum absolute atomic E-state index is 0.629. The molecule has 0 aromatic carbocycles. The molecule has 0 saturated heterocycles. The molecule has 104 valence electrons. The van der Waals surface area contributed by atoms with Crippen molar-refractivity contribution in [3.8, 4) is 0 Å². The summed E-state index contributed by atoms with van der Waals surface area (Å²) in [7, 11) is 1.92. The summed E-state index contributed by atoms with van der Waals surface area (Å²) in [5, 5.41) is 8.47. The lowest BCUT2D eigenvalue weighted by Gasteiger charge is -2.22. The summed E-state index contributed by atoms with van der Waals surface area (Å²) in [5.74, 6) is 1.63. The van der Waals surface area contributed by atoms with Crippen LogP contribution >= 0.6 is 0 Å². The monoisotopic (exact) mass is 271 g/mol. The average molecular weight is 271 g/mol. The zero-order valence-corrected chi connectivity index (χ0v) is 11.9. The number of aromatic nitrogens is 6. The number of hydrogen-bond donors (Lipinski definition) is 0. The van der Waals surface area contributed by atoms with Gasteiger partial charge in [0.2, 0.25) is 0 Å². The maximum absolute atomic E-state index is 4.37. The summed E-state index contributed by atoms with van der Waals surface area (Å²) < 4.78 is 3.58. The topological polar surface area (TPSA) is 64.1 Å². The van der Waals surface area contributed by atoms with Crippen molar-refractivity contribution in [2.24, 2.45) is 7.05 Å². The van der Waals surface area contributed by atoms with Gasteiger partial charge in [-0.2, -0.15) is 19.7 Å². The molecule has 0 aliphatic carbocycles. The van der Waals surface area contributed by atoms with Crippen LogP contribution in [0.4, 0.5) is 5.82 Å². The number of fused-ring (bicyclic) bond motifs is 1. The molecule has 20 heavy (non-hydrogen) atoms. The van der Waals surface area contributed by atoms with Gasteiger partial charge in [0.25, 0.3) is 5.78 Å². The van der Waals surface area contributed by atoms with Crippen molar-refractivity contribution in [1.82, 2.24) is 29.4 Å². The highest BCUT2D eigenvalue weighted by Crippen LogP contribution is 2.18. The second-order valence-electron chi connectivity index (χ2n) is 4.76. The zero-order chi connectivity index (χ0) is 14.1. The van der Waals surface area contributed by atoms with Crippen molar-refractivity contribution in [2.75, 3.05) is 11.4 Å². The van der Waals surface area contributed by atoms with Crippen LogP contribution < -0.4 is 4.90 Å². The normalized spacial score (nSPS) is 11.2. The molecule has 3 heterocycles. The van der Waals surface area contributed by atoms with Crippen LogP contribution in [0.3, 0.4) is 0 Å². The van der Waals surface area contributed by atoms with Crippen LogP contribution in [0.1, 0.15) is 18.2 Å². The van der Waals surface area contributed by atoms with E-state index in [1.165, 1.54) is 6.33 Å². The van der Waals surface area contributed by atoms with E-state index in [1.54, 1.807) is 4.52 Å². The molecule has 0 aliphatic heterocycles. The van der Waals surface area contributed by atoms with Gasteiger partial charge in [-0.1, -0.05) is 0 Å². The van der Waals surface area contributed by atoms with E-state index in [4.69, 9.17) is 0 Å². The molecular weight excluding hydrogens is 254 g/mol. The van der Waals surface area contributed by atoms with Gasteiger partial charge < -0.3 is 4.90 Å². The molecule has 0 atom stereocenters. The molecule has 0 N–H and O–H groups in total. The first-order chi connectivity index (χ1) is 9.67. The lowest BCUT2D eigenvalue weighted by atomic mass is 10.3. The molecule has 0 fully saturated rings. The minimum Gasteiger partial charge on any atom is -0.352 e. The van der Waals surface area contributed by atoms with E-state index in [0.717, 1.165) is 30.2 Å². The van der Waals surface area contributed by atoms with Crippen molar-refractivity contribution < 1.29 is 0 Å². The Bertz CT molecular complexity index is 727. The highest BCUT2D eigenvalue weighted by atomic mass is 15.4. The maximum atomic E-state index is 4.37. The first-order valence-electron chi connectivity index (χ1n) is 6.57. The number of nitrogens with zero attached hydrogens (tertiary/aromatic N) is 7. The lowest BCUT2D eigenvalue weighted by Crippen LogP contribution is -2.24. The Labute approximate surface area is 116 Å². The average Bonchev–Trinajstić information content (AvgIpc) is 3.03. The molecule has 3 aromatic rings. The molecule has 3 aromatic heterocycles. The Morgan fingerprint density at radius 1 is 1.30 bits per heavy atom. The van der Waals surface area contributed by atoms with E-state index in [2.05, 4.69) is 32.0 Å². The molecule has 7 nitrogen and oxygen atoms in total. The summed E-state index contributed by atoms with van der Waals surface area (Å²) >= 11 is 0. The Morgan fingerprint density at radius 3 is 2.85 bits per heavy atom. The van der Waals surface area contributed by atoms with Gasteiger partial charge in [-0.25, -0.2) is 4.98 Å². The van der Waals surface area contributed by atoms with Gasteiger partial charge in [-0.05, 0) is 13.8 Å². The molecule has 0 radical (unpaired) electrons. The third-order valence-corrected chi connectivity index (χ3v) is 3.20. The Balaban J connectivity index is 2.00. The van der Waals surface area contributed by atoms with Crippen LogP contribution in [-0.4, -0.2) is 35.9 Å². The lowest BCUT2D eigenvalue weighted by molar-refractivity contribution is 0.759. The predicted molar refractivity (Wildman–Crippen MR) is 75.5 cm³/mol. The highest BCUT2D eigenvalue weighted by Gasteiger charge is 2.13. The third-order valence-electron chi connectivity index (χ3n) is 3.20. The van der Waals surface area contributed by atoms with E-state index in [0.29, 0.717) is 5.78 Å². The molecule has 0 spiro atoms. The standard InChI is InChI=1S/C13H17N7/c1-4-19(8-11-6-15-18(3)7-11)12-5-10(2)17-13-14-9-16-20(12)13/h5-7,9H,4,8H2,1-3H3. The van der Waals surface area contributed by atoms with Crippen molar-refractivity contribution in [3.63, 3.8) is 0 Å². The van der Waals surface area contributed by atoms with Gasteiger partial charge in [0.05, 0.1) is 6.20 Å². The summed E-state index contributed by atoms with van der Waals surface area (Å²) in [5.41, 5.74) is 2.10. The van der Waals surface area contributed by atoms with Gasteiger partial charge in [0.1, 0.15) is 12.1 Å². The highest BCUT2D eigenvalue weighted by molar-refractivity contribution is 5.47. The van der Waals surface area contributed by atoms with E-state index in [1.807, 2.05) is 37.1 Å². The number of hydrogen-bond acceptors (Lipinski definition) is 5. The van der Waals surface area contributed by atoms with E-state index >= 15 is 0 Å². The quantitative estimate of drug-likeness (QED) is 0.713. The van der Waals surface area contributed by atoms with Gasteiger partial charge in [-0.15, -0.1) is 0 Å². The van der Waals surface area contributed by atoms with Gasteiger partial charge in [0, 0.05) is 43.7 Å². The first kappa shape index (κ1) is 12.6. The van der Waals surface area contributed by atoms with Crippen molar-refractivity contribution in [2.45, 2.75) is 20.4 Å². The number of rotatable bonds is 4. The van der Waals surface area contributed by atoms with Crippen molar-refractivity contribution >= 4 is 11.6 Å². The molecule has 7 heteroatoms.